The summed E-state index contributed by atoms with van der Waals surface area (Å²) in [7, 11) is 1.89. The highest BCUT2D eigenvalue weighted by molar-refractivity contribution is 4.97. The van der Waals surface area contributed by atoms with Gasteiger partial charge in [0.15, 0.2) is 5.82 Å². The Morgan fingerprint density at radius 1 is 1.29 bits per heavy atom. The number of aromatic nitrogens is 2. The van der Waals surface area contributed by atoms with Crippen molar-refractivity contribution < 1.29 is 4.52 Å². The molecule has 0 unspecified atom stereocenters. The van der Waals surface area contributed by atoms with Crippen molar-refractivity contribution in [2.24, 2.45) is 5.92 Å². The standard InChI is InChI=1S/C13H23N3O/c1-3-4-10-5-7-11(8-6-10)13-15-12(9-14-2)17-16-13/h10-11,14H,3-9H2,1-2H3. The molecule has 1 aromatic heterocycles. The van der Waals surface area contributed by atoms with Gasteiger partial charge >= 0.3 is 0 Å². The Labute approximate surface area is 103 Å². The van der Waals surface area contributed by atoms with E-state index in [-0.39, 0.29) is 0 Å². The van der Waals surface area contributed by atoms with Gasteiger partial charge in [0.2, 0.25) is 5.89 Å². The lowest BCUT2D eigenvalue weighted by Crippen LogP contribution is -2.14. The van der Waals surface area contributed by atoms with Crippen LogP contribution >= 0.6 is 0 Å². The van der Waals surface area contributed by atoms with Gasteiger partial charge in [-0.3, -0.25) is 0 Å². The normalized spacial score (nSPS) is 25.1. The van der Waals surface area contributed by atoms with Crippen LogP contribution in [0.1, 0.15) is 63.1 Å². The molecule has 1 saturated carbocycles. The van der Waals surface area contributed by atoms with Crippen molar-refractivity contribution in [1.82, 2.24) is 15.5 Å². The smallest absolute Gasteiger partial charge is 0.240 e. The molecule has 0 aromatic carbocycles. The molecule has 96 valence electrons. The zero-order valence-corrected chi connectivity index (χ0v) is 10.9. The first kappa shape index (κ1) is 12.6. The average Bonchev–Trinajstić information content (AvgIpc) is 2.80. The van der Waals surface area contributed by atoms with Crippen molar-refractivity contribution in [1.29, 1.82) is 0 Å². The van der Waals surface area contributed by atoms with E-state index in [0.717, 1.165) is 11.7 Å². The van der Waals surface area contributed by atoms with E-state index < -0.39 is 0 Å². The molecule has 17 heavy (non-hydrogen) atoms. The topological polar surface area (TPSA) is 51.0 Å². The summed E-state index contributed by atoms with van der Waals surface area (Å²) in [6, 6.07) is 0. The van der Waals surface area contributed by atoms with Crippen LogP contribution in [0.4, 0.5) is 0 Å². The Morgan fingerprint density at radius 3 is 2.71 bits per heavy atom. The van der Waals surface area contributed by atoms with E-state index in [0.29, 0.717) is 18.4 Å². The summed E-state index contributed by atoms with van der Waals surface area (Å²) in [5.41, 5.74) is 0. The summed E-state index contributed by atoms with van der Waals surface area (Å²) in [5, 5.41) is 7.13. The third-order valence-corrected chi connectivity index (χ3v) is 3.72. The molecule has 0 spiro atoms. The molecular weight excluding hydrogens is 214 g/mol. The quantitative estimate of drug-likeness (QED) is 0.855. The zero-order valence-electron chi connectivity index (χ0n) is 10.9. The molecule has 0 saturated heterocycles. The van der Waals surface area contributed by atoms with E-state index in [4.69, 9.17) is 4.52 Å². The van der Waals surface area contributed by atoms with Crippen molar-refractivity contribution in [2.75, 3.05) is 7.05 Å². The minimum atomic E-state index is 0.525. The first-order valence-corrected chi connectivity index (χ1v) is 6.80. The van der Waals surface area contributed by atoms with Crippen LogP contribution in [0.3, 0.4) is 0 Å². The molecule has 1 N–H and O–H groups in total. The van der Waals surface area contributed by atoms with Gasteiger partial charge in [0.05, 0.1) is 6.54 Å². The molecule has 0 bridgehead atoms. The van der Waals surface area contributed by atoms with E-state index in [1.165, 1.54) is 38.5 Å². The zero-order chi connectivity index (χ0) is 12.1. The first-order chi connectivity index (χ1) is 8.33. The van der Waals surface area contributed by atoms with Crippen LogP contribution in [0.25, 0.3) is 0 Å². The van der Waals surface area contributed by atoms with Gasteiger partial charge in [-0.15, -0.1) is 0 Å². The minimum Gasteiger partial charge on any atom is -0.338 e. The third kappa shape index (κ3) is 3.28. The maximum atomic E-state index is 5.21. The van der Waals surface area contributed by atoms with Crippen LogP contribution in [-0.4, -0.2) is 17.2 Å². The number of nitrogens with zero attached hydrogens (tertiary/aromatic N) is 2. The fourth-order valence-electron chi connectivity index (χ4n) is 2.77. The van der Waals surface area contributed by atoms with Gasteiger partial charge < -0.3 is 9.84 Å². The van der Waals surface area contributed by atoms with Gasteiger partial charge in [0.25, 0.3) is 0 Å². The third-order valence-electron chi connectivity index (χ3n) is 3.72. The second kappa shape index (κ2) is 6.15. The Kier molecular flexibility index (Phi) is 4.54. The number of hydrogen-bond donors (Lipinski definition) is 1. The van der Waals surface area contributed by atoms with Crippen molar-refractivity contribution >= 4 is 0 Å². The molecule has 0 aliphatic heterocycles. The highest BCUT2D eigenvalue weighted by Gasteiger charge is 2.25. The molecule has 0 radical (unpaired) electrons. The Bertz CT molecular complexity index is 329. The predicted octanol–water partition coefficient (Wildman–Crippen LogP) is 2.86. The molecule has 1 aliphatic carbocycles. The number of rotatable bonds is 5. The van der Waals surface area contributed by atoms with E-state index in [1.54, 1.807) is 0 Å². The predicted molar refractivity (Wildman–Crippen MR) is 66.7 cm³/mol. The number of nitrogens with one attached hydrogen (secondary N) is 1. The van der Waals surface area contributed by atoms with Crippen LogP contribution < -0.4 is 5.32 Å². The average molecular weight is 237 g/mol. The maximum absolute atomic E-state index is 5.21. The van der Waals surface area contributed by atoms with Crippen molar-refractivity contribution in [3.05, 3.63) is 11.7 Å². The molecular formula is C13H23N3O. The molecule has 4 nitrogen and oxygen atoms in total. The van der Waals surface area contributed by atoms with Gasteiger partial charge in [-0.1, -0.05) is 24.9 Å². The van der Waals surface area contributed by atoms with Crippen LogP contribution in [0, 0.1) is 5.92 Å². The van der Waals surface area contributed by atoms with Crippen LogP contribution in [0.5, 0.6) is 0 Å². The second-order valence-electron chi connectivity index (χ2n) is 5.08. The molecule has 0 amide bonds. The van der Waals surface area contributed by atoms with Crippen molar-refractivity contribution in [3.63, 3.8) is 0 Å². The summed E-state index contributed by atoms with van der Waals surface area (Å²) in [6.45, 7) is 2.94. The maximum Gasteiger partial charge on any atom is 0.240 e. The fourth-order valence-corrected chi connectivity index (χ4v) is 2.77. The van der Waals surface area contributed by atoms with E-state index in [9.17, 15) is 0 Å². The minimum absolute atomic E-state index is 0.525. The van der Waals surface area contributed by atoms with Gasteiger partial charge in [0, 0.05) is 5.92 Å². The summed E-state index contributed by atoms with van der Waals surface area (Å²) >= 11 is 0. The highest BCUT2D eigenvalue weighted by atomic mass is 16.5. The molecule has 2 rings (SSSR count). The molecule has 1 fully saturated rings. The second-order valence-corrected chi connectivity index (χ2v) is 5.08. The molecule has 1 heterocycles. The van der Waals surface area contributed by atoms with E-state index >= 15 is 0 Å². The lowest BCUT2D eigenvalue weighted by Gasteiger charge is -2.26. The van der Waals surface area contributed by atoms with Crippen LogP contribution in [0.15, 0.2) is 4.52 Å². The summed E-state index contributed by atoms with van der Waals surface area (Å²) in [5.74, 6) is 3.08. The van der Waals surface area contributed by atoms with Crippen LogP contribution in [0.2, 0.25) is 0 Å². The molecule has 1 aliphatic rings. The highest BCUT2D eigenvalue weighted by Crippen LogP contribution is 2.36. The van der Waals surface area contributed by atoms with Gasteiger partial charge in [-0.05, 0) is 38.6 Å². The summed E-state index contributed by atoms with van der Waals surface area (Å²) in [6.07, 6.45) is 7.79. The fraction of sp³-hybridized carbons (Fsp3) is 0.846. The van der Waals surface area contributed by atoms with Crippen molar-refractivity contribution in [2.45, 2.75) is 57.9 Å². The SMILES string of the molecule is CCCC1CCC(c2noc(CNC)n2)CC1. The monoisotopic (exact) mass is 237 g/mol. The van der Waals surface area contributed by atoms with E-state index in [1.807, 2.05) is 7.05 Å². The Balaban J connectivity index is 1.86. The van der Waals surface area contributed by atoms with E-state index in [2.05, 4.69) is 22.4 Å². The molecule has 1 aromatic rings. The van der Waals surface area contributed by atoms with Crippen LogP contribution in [-0.2, 0) is 6.54 Å². The molecule has 4 heteroatoms. The lowest BCUT2D eigenvalue weighted by atomic mass is 9.80. The van der Waals surface area contributed by atoms with Gasteiger partial charge in [0.1, 0.15) is 0 Å². The largest absolute Gasteiger partial charge is 0.338 e. The lowest BCUT2D eigenvalue weighted by molar-refractivity contribution is 0.294. The Hall–Kier alpha value is -0.900. The summed E-state index contributed by atoms with van der Waals surface area (Å²) < 4.78 is 5.21. The first-order valence-electron chi connectivity index (χ1n) is 6.80. The Morgan fingerprint density at radius 2 is 2.06 bits per heavy atom. The number of hydrogen-bond acceptors (Lipinski definition) is 4. The van der Waals surface area contributed by atoms with Gasteiger partial charge in [-0.25, -0.2) is 0 Å². The van der Waals surface area contributed by atoms with Gasteiger partial charge in [-0.2, -0.15) is 4.98 Å². The van der Waals surface area contributed by atoms with Crippen molar-refractivity contribution in [3.8, 4) is 0 Å². The molecule has 0 atom stereocenters. The summed E-state index contributed by atoms with van der Waals surface area (Å²) in [4.78, 5) is 4.45.